The molecule has 7 nitrogen and oxygen atoms in total. The van der Waals surface area contributed by atoms with E-state index in [1.54, 1.807) is 6.07 Å². The maximum atomic E-state index is 10.8. The van der Waals surface area contributed by atoms with Crippen molar-refractivity contribution < 1.29 is 10.1 Å². The van der Waals surface area contributed by atoms with Crippen molar-refractivity contribution >= 4 is 17.2 Å². The molecule has 0 saturated heterocycles. The summed E-state index contributed by atoms with van der Waals surface area (Å²) in [5, 5.41) is 22.6. The first-order valence-electron chi connectivity index (χ1n) is 6.11. The number of nitrogens with two attached hydrogens (primary N) is 1. The Kier molecular flexibility index (Phi) is 3.55. The van der Waals surface area contributed by atoms with Gasteiger partial charge < -0.3 is 15.8 Å². The Hall–Kier alpha value is -2.31. The van der Waals surface area contributed by atoms with Gasteiger partial charge in [0.1, 0.15) is 0 Å². The van der Waals surface area contributed by atoms with E-state index < -0.39 is 4.92 Å². The van der Waals surface area contributed by atoms with E-state index in [1.807, 2.05) is 6.92 Å². The van der Waals surface area contributed by atoms with Gasteiger partial charge in [-0.05, 0) is 25.8 Å². The van der Waals surface area contributed by atoms with E-state index in [0.29, 0.717) is 11.6 Å². The number of nitro benzene ring substituents is 1. The summed E-state index contributed by atoms with van der Waals surface area (Å²) in [6, 6.07) is 4.88. The molecule has 0 atom stereocenters. The Morgan fingerprint density at radius 2 is 2.32 bits per heavy atom. The second-order valence-electron chi connectivity index (χ2n) is 4.46. The molecule has 0 amide bonds. The number of rotatable bonds is 5. The molecule has 7 heteroatoms. The van der Waals surface area contributed by atoms with Gasteiger partial charge in [-0.2, -0.15) is 0 Å². The first-order valence-corrected chi connectivity index (χ1v) is 6.11. The van der Waals surface area contributed by atoms with Gasteiger partial charge in [0, 0.05) is 30.4 Å². The molecular weight excluding hydrogens is 248 g/mol. The highest BCUT2D eigenvalue weighted by molar-refractivity contribution is 6.03. The fourth-order valence-electron chi connectivity index (χ4n) is 2.16. The quantitative estimate of drug-likeness (QED) is 0.277. The zero-order valence-electron chi connectivity index (χ0n) is 10.6. The lowest BCUT2D eigenvalue weighted by atomic mass is 10.1. The molecule has 0 aromatic heterocycles. The van der Waals surface area contributed by atoms with Crippen LogP contribution in [0.1, 0.15) is 25.3 Å². The summed E-state index contributed by atoms with van der Waals surface area (Å²) in [6.45, 7) is 2.78. The van der Waals surface area contributed by atoms with Crippen molar-refractivity contribution in [1.29, 1.82) is 0 Å². The molecule has 19 heavy (non-hydrogen) atoms. The predicted molar refractivity (Wildman–Crippen MR) is 71.6 cm³/mol. The van der Waals surface area contributed by atoms with Crippen molar-refractivity contribution in [3.8, 4) is 0 Å². The molecule has 1 aromatic rings. The largest absolute Gasteiger partial charge is 0.409 e. The third-order valence-electron chi connectivity index (χ3n) is 3.21. The first kappa shape index (κ1) is 13.1. The number of benzene rings is 1. The molecule has 1 aliphatic carbocycles. The number of oxime groups is 1. The zero-order valence-corrected chi connectivity index (χ0v) is 10.6. The Labute approximate surface area is 110 Å². The highest BCUT2D eigenvalue weighted by atomic mass is 16.6. The van der Waals surface area contributed by atoms with Crippen LogP contribution in [-0.4, -0.2) is 28.6 Å². The molecular formula is C12H16N4O3. The maximum Gasteiger partial charge on any atom is 0.270 e. The van der Waals surface area contributed by atoms with Crippen molar-refractivity contribution in [2.75, 3.05) is 11.4 Å². The molecule has 1 aromatic carbocycles. The average molecular weight is 264 g/mol. The van der Waals surface area contributed by atoms with E-state index in [-0.39, 0.29) is 11.5 Å². The summed E-state index contributed by atoms with van der Waals surface area (Å²) < 4.78 is 0. The Morgan fingerprint density at radius 3 is 2.79 bits per heavy atom. The molecule has 0 heterocycles. The van der Waals surface area contributed by atoms with Crippen molar-refractivity contribution in [2.45, 2.75) is 25.8 Å². The van der Waals surface area contributed by atoms with Gasteiger partial charge in [0.2, 0.25) is 0 Å². The molecule has 2 rings (SSSR count). The van der Waals surface area contributed by atoms with Gasteiger partial charge in [0.05, 0.1) is 10.5 Å². The Morgan fingerprint density at radius 1 is 1.63 bits per heavy atom. The minimum absolute atomic E-state index is 0.0720. The maximum absolute atomic E-state index is 10.8. The van der Waals surface area contributed by atoms with E-state index in [1.165, 1.54) is 12.1 Å². The van der Waals surface area contributed by atoms with Gasteiger partial charge in [-0.15, -0.1) is 0 Å². The van der Waals surface area contributed by atoms with Crippen molar-refractivity contribution in [1.82, 2.24) is 0 Å². The first-order chi connectivity index (χ1) is 9.08. The van der Waals surface area contributed by atoms with Crippen LogP contribution in [0, 0.1) is 10.1 Å². The number of amidine groups is 1. The molecule has 1 fully saturated rings. The molecule has 1 saturated carbocycles. The van der Waals surface area contributed by atoms with Crippen LogP contribution in [0.25, 0.3) is 0 Å². The van der Waals surface area contributed by atoms with Crippen LogP contribution < -0.4 is 10.6 Å². The van der Waals surface area contributed by atoms with E-state index in [0.717, 1.165) is 25.1 Å². The van der Waals surface area contributed by atoms with Crippen LogP contribution in [0.2, 0.25) is 0 Å². The normalized spacial score (nSPS) is 15.3. The van der Waals surface area contributed by atoms with Crippen LogP contribution >= 0.6 is 0 Å². The number of hydrogen-bond acceptors (Lipinski definition) is 5. The summed E-state index contributed by atoms with van der Waals surface area (Å²) in [5.74, 6) is -0.113. The summed E-state index contributed by atoms with van der Waals surface area (Å²) in [7, 11) is 0. The minimum atomic E-state index is -0.495. The van der Waals surface area contributed by atoms with E-state index in [2.05, 4.69) is 10.1 Å². The molecule has 0 bridgehead atoms. The Balaban J connectivity index is 2.49. The van der Waals surface area contributed by atoms with E-state index in [4.69, 9.17) is 10.9 Å². The van der Waals surface area contributed by atoms with Gasteiger partial charge in [-0.3, -0.25) is 10.1 Å². The lowest BCUT2D eigenvalue weighted by Gasteiger charge is -2.25. The lowest BCUT2D eigenvalue weighted by molar-refractivity contribution is -0.384. The molecule has 0 aliphatic heterocycles. The monoisotopic (exact) mass is 264 g/mol. The number of nitro groups is 1. The van der Waals surface area contributed by atoms with Crippen LogP contribution in [0.4, 0.5) is 11.4 Å². The van der Waals surface area contributed by atoms with Crippen LogP contribution in [0.15, 0.2) is 23.4 Å². The standard InChI is InChI=1S/C12H16N4O3/c1-2-15(8-3-4-8)11-6-5-9(16(18)19)7-10(11)12(13)14-17/h5-8,17H,2-4H2,1H3,(H2,13,14). The third-order valence-corrected chi connectivity index (χ3v) is 3.21. The molecule has 0 spiro atoms. The Bertz CT molecular complexity index is 526. The van der Waals surface area contributed by atoms with Gasteiger partial charge >= 0.3 is 0 Å². The number of nitrogens with zero attached hydrogens (tertiary/aromatic N) is 3. The van der Waals surface area contributed by atoms with E-state index >= 15 is 0 Å². The summed E-state index contributed by atoms with van der Waals surface area (Å²) in [4.78, 5) is 12.4. The highest BCUT2D eigenvalue weighted by Crippen LogP contribution is 2.34. The number of anilines is 1. The fraction of sp³-hybridized carbons (Fsp3) is 0.417. The highest BCUT2D eigenvalue weighted by Gasteiger charge is 2.30. The molecule has 102 valence electrons. The SMILES string of the molecule is CCN(c1ccc([N+](=O)[O-])cc1C(N)=NO)C1CC1. The van der Waals surface area contributed by atoms with Gasteiger partial charge in [-0.25, -0.2) is 0 Å². The third kappa shape index (κ3) is 2.59. The average Bonchev–Trinajstić information content (AvgIpc) is 3.23. The summed E-state index contributed by atoms with van der Waals surface area (Å²) in [5.41, 5.74) is 6.72. The van der Waals surface area contributed by atoms with Gasteiger partial charge in [-0.1, -0.05) is 5.16 Å². The lowest BCUT2D eigenvalue weighted by Crippen LogP contribution is -2.28. The second-order valence-corrected chi connectivity index (χ2v) is 4.46. The van der Waals surface area contributed by atoms with Crippen LogP contribution in [-0.2, 0) is 0 Å². The predicted octanol–water partition coefficient (Wildman–Crippen LogP) is 1.68. The molecule has 0 radical (unpaired) electrons. The molecule has 3 N–H and O–H groups in total. The van der Waals surface area contributed by atoms with Crippen LogP contribution in [0.3, 0.4) is 0 Å². The van der Waals surface area contributed by atoms with Crippen molar-refractivity contribution in [3.05, 3.63) is 33.9 Å². The molecule has 0 unspecified atom stereocenters. The fourth-order valence-corrected chi connectivity index (χ4v) is 2.16. The van der Waals surface area contributed by atoms with Crippen LogP contribution in [0.5, 0.6) is 0 Å². The van der Waals surface area contributed by atoms with Crippen molar-refractivity contribution in [3.63, 3.8) is 0 Å². The van der Waals surface area contributed by atoms with Crippen molar-refractivity contribution in [2.24, 2.45) is 10.9 Å². The number of hydrogen-bond donors (Lipinski definition) is 2. The van der Waals surface area contributed by atoms with E-state index in [9.17, 15) is 10.1 Å². The summed E-state index contributed by atoms with van der Waals surface area (Å²) >= 11 is 0. The van der Waals surface area contributed by atoms with Gasteiger partial charge in [0.15, 0.2) is 5.84 Å². The van der Waals surface area contributed by atoms with Gasteiger partial charge in [0.25, 0.3) is 5.69 Å². The summed E-state index contributed by atoms with van der Waals surface area (Å²) in [6.07, 6.45) is 2.20. The zero-order chi connectivity index (χ0) is 14.0. The molecule has 1 aliphatic rings. The second kappa shape index (κ2) is 5.13. The smallest absolute Gasteiger partial charge is 0.270 e. The number of non-ortho nitro benzene ring substituents is 1. The topological polar surface area (TPSA) is 105 Å². The minimum Gasteiger partial charge on any atom is -0.409 e.